The van der Waals surface area contributed by atoms with Crippen molar-refractivity contribution in [3.63, 3.8) is 0 Å². The Bertz CT molecular complexity index is 184. The molecule has 0 atom stereocenters. The van der Waals surface area contributed by atoms with Crippen molar-refractivity contribution >= 4 is 11.6 Å². The highest BCUT2D eigenvalue weighted by Gasteiger charge is 2.31. The lowest BCUT2D eigenvalue weighted by Gasteiger charge is -2.01. The Balaban J connectivity index is 4.36. The summed E-state index contributed by atoms with van der Waals surface area (Å²) >= 11 is 4.89. The summed E-state index contributed by atoms with van der Waals surface area (Å²) in [6.07, 6.45) is -2.26. The van der Waals surface area contributed by atoms with Crippen molar-refractivity contribution in [3.05, 3.63) is 22.8 Å². The molecule has 64 valence electrons. The average molecular weight is 185 g/mol. The molecular formula is C7H8ClF3. The monoisotopic (exact) mass is 184 g/mol. The van der Waals surface area contributed by atoms with Gasteiger partial charge in [0.15, 0.2) is 0 Å². The number of hydrogen-bond acceptors (Lipinski definition) is 0. The summed E-state index contributed by atoms with van der Waals surface area (Å²) in [5.41, 5.74) is 0.771. The van der Waals surface area contributed by atoms with E-state index in [4.69, 9.17) is 11.6 Å². The Morgan fingerprint density at radius 1 is 1.18 bits per heavy atom. The molecule has 0 aliphatic carbocycles. The van der Waals surface area contributed by atoms with E-state index < -0.39 is 11.2 Å². The second-order valence-corrected chi connectivity index (χ2v) is 2.66. The van der Waals surface area contributed by atoms with Crippen molar-refractivity contribution in [1.29, 1.82) is 0 Å². The largest absolute Gasteiger partial charge is 0.426 e. The SMILES string of the molecule is CC(C)=C/C=C(\Cl)C(F)(F)F. The molecule has 0 fully saturated rings. The Morgan fingerprint density at radius 2 is 1.64 bits per heavy atom. The van der Waals surface area contributed by atoms with E-state index in [0.717, 1.165) is 11.6 Å². The van der Waals surface area contributed by atoms with Gasteiger partial charge in [-0.3, -0.25) is 0 Å². The molecule has 0 aliphatic rings. The standard InChI is InChI=1S/C7H8ClF3/c1-5(2)3-4-6(8)7(9,10)11/h3-4H,1-2H3/b6-4-. The second-order valence-electron chi connectivity index (χ2n) is 2.26. The molecule has 0 saturated carbocycles. The first-order valence-corrected chi connectivity index (χ1v) is 3.29. The molecule has 0 aromatic heterocycles. The normalized spacial score (nSPS) is 13.1. The van der Waals surface area contributed by atoms with Crippen molar-refractivity contribution in [2.75, 3.05) is 0 Å². The predicted molar refractivity (Wildman–Crippen MR) is 39.4 cm³/mol. The van der Waals surface area contributed by atoms with E-state index in [1.807, 2.05) is 0 Å². The van der Waals surface area contributed by atoms with E-state index in [1.54, 1.807) is 13.8 Å². The van der Waals surface area contributed by atoms with Gasteiger partial charge in [0, 0.05) is 0 Å². The molecule has 0 radical (unpaired) electrons. The maximum Gasteiger partial charge on any atom is 0.426 e. The first kappa shape index (κ1) is 10.6. The van der Waals surface area contributed by atoms with Crippen molar-refractivity contribution in [2.45, 2.75) is 20.0 Å². The van der Waals surface area contributed by atoms with Crippen LogP contribution in [0.25, 0.3) is 0 Å². The van der Waals surface area contributed by atoms with E-state index in [-0.39, 0.29) is 0 Å². The fourth-order valence-electron chi connectivity index (χ4n) is 0.334. The van der Waals surface area contributed by atoms with Gasteiger partial charge in [0.05, 0.1) is 0 Å². The second kappa shape index (κ2) is 3.81. The number of halogens is 4. The highest BCUT2D eigenvalue weighted by molar-refractivity contribution is 6.30. The van der Waals surface area contributed by atoms with E-state index in [9.17, 15) is 13.2 Å². The Morgan fingerprint density at radius 3 is 1.91 bits per heavy atom. The van der Waals surface area contributed by atoms with Crippen molar-refractivity contribution in [1.82, 2.24) is 0 Å². The summed E-state index contributed by atoms with van der Waals surface area (Å²) < 4.78 is 35.0. The van der Waals surface area contributed by atoms with Crippen molar-refractivity contribution in [2.24, 2.45) is 0 Å². The summed E-state index contributed by atoms with van der Waals surface area (Å²) in [5.74, 6) is 0. The van der Waals surface area contributed by atoms with Crippen LogP contribution in [0.2, 0.25) is 0 Å². The molecule has 11 heavy (non-hydrogen) atoms. The molecule has 0 bridgehead atoms. The zero-order chi connectivity index (χ0) is 9.07. The average Bonchev–Trinajstić information content (AvgIpc) is 1.80. The minimum Gasteiger partial charge on any atom is -0.165 e. The molecule has 0 amide bonds. The lowest BCUT2D eigenvalue weighted by atomic mass is 10.3. The first-order chi connectivity index (χ1) is 4.84. The van der Waals surface area contributed by atoms with Crippen LogP contribution in [0.5, 0.6) is 0 Å². The van der Waals surface area contributed by atoms with Crippen LogP contribution in [0.1, 0.15) is 13.8 Å². The van der Waals surface area contributed by atoms with Gasteiger partial charge in [0.1, 0.15) is 5.03 Å². The van der Waals surface area contributed by atoms with Crippen LogP contribution < -0.4 is 0 Å². The highest BCUT2D eigenvalue weighted by atomic mass is 35.5. The van der Waals surface area contributed by atoms with Gasteiger partial charge in [-0.25, -0.2) is 0 Å². The molecule has 0 spiro atoms. The molecule has 0 unspecified atom stereocenters. The molecule has 4 heteroatoms. The molecular weight excluding hydrogens is 177 g/mol. The van der Waals surface area contributed by atoms with Gasteiger partial charge >= 0.3 is 6.18 Å². The van der Waals surface area contributed by atoms with Crippen LogP contribution in [0.3, 0.4) is 0 Å². The third kappa shape index (κ3) is 4.90. The molecule has 0 saturated heterocycles. The molecule has 0 rings (SSSR count). The Labute approximate surface area is 68.3 Å². The summed E-state index contributed by atoms with van der Waals surface area (Å²) in [6.45, 7) is 3.38. The van der Waals surface area contributed by atoms with Gasteiger partial charge in [-0.1, -0.05) is 23.3 Å². The zero-order valence-corrected chi connectivity index (χ0v) is 6.92. The molecule has 0 N–H and O–H groups in total. The van der Waals surface area contributed by atoms with Crippen molar-refractivity contribution in [3.8, 4) is 0 Å². The van der Waals surface area contributed by atoms with E-state index in [0.29, 0.717) is 0 Å². The summed E-state index contributed by atoms with van der Waals surface area (Å²) in [7, 11) is 0. The van der Waals surface area contributed by atoms with Crippen LogP contribution in [0.15, 0.2) is 22.8 Å². The van der Waals surface area contributed by atoms with Gasteiger partial charge < -0.3 is 0 Å². The summed E-state index contributed by atoms with van der Waals surface area (Å²) in [6, 6.07) is 0. The quantitative estimate of drug-likeness (QED) is 0.546. The summed E-state index contributed by atoms with van der Waals surface area (Å²) in [5, 5.41) is -1.10. The smallest absolute Gasteiger partial charge is 0.165 e. The number of alkyl halides is 3. The molecule has 0 heterocycles. The summed E-state index contributed by atoms with van der Waals surface area (Å²) in [4.78, 5) is 0. The maximum absolute atomic E-state index is 11.7. The van der Waals surface area contributed by atoms with E-state index in [2.05, 4.69) is 0 Å². The Hall–Kier alpha value is -0.440. The topological polar surface area (TPSA) is 0 Å². The van der Waals surface area contributed by atoms with Crippen LogP contribution >= 0.6 is 11.6 Å². The number of allylic oxidation sites excluding steroid dienone is 4. The van der Waals surface area contributed by atoms with Gasteiger partial charge in [-0.15, -0.1) is 0 Å². The lowest BCUT2D eigenvalue weighted by Crippen LogP contribution is -2.06. The maximum atomic E-state index is 11.7. The predicted octanol–water partition coefficient (Wildman–Crippen LogP) is 3.64. The van der Waals surface area contributed by atoms with Crippen molar-refractivity contribution < 1.29 is 13.2 Å². The fraction of sp³-hybridized carbons (Fsp3) is 0.429. The van der Waals surface area contributed by atoms with E-state index in [1.165, 1.54) is 6.08 Å². The van der Waals surface area contributed by atoms with Gasteiger partial charge in [0.25, 0.3) is 0 Å². The Kier molecular flexibility index (Phi) is 3.66. The number of rotatable bonds is 1. The third-order valence-electron chi connectivity index (χ3n) is 0.834. The van der Waals surface area contributed by atoms with Gasteiger partial charge in [0.2, 0.25) is 0 Å². The van der Waals surface area contributed by atoms with Crippen LogP contribution in [0, 0.1) is 0 Å². The third-order valence-corrected chi connectivity index (χ3v) is 1.17. The van der Waals surface area contributed by atoms with Crippen LogP contribution in [0.4, 0.5) is 13.2 Å². The van der Waals surface area contributed by atoms with Crippen LogP contribution in [-0.4, -0.2) is 6.18 Å². The van der Waals surface area contributed by atoms with Gasteiger partial charge in [-0.2, -0.15) is 13.2 Å². The first-order valence-electron chi connectivity index (χ1n) is 2.92. The highest BCUT2D eigenvalue weighted by Crippen LogP contribution is 2.28. The minimum absolute atomic E-state index is 0.771. The molecule has 0 aromatic carbocycles. The zero-order valence-electron chi connectivity index (χ0n) is 6.17. The lowest BCUT2D eigenvalue weighted by molar-refractivity contribution is -0.0845. The minimum atomic E-state index is -4.42. The molecule has 0 aliphatic heterocycles. The van der Waals surface area contributed by atoms with Gasteiger partial charge in [-0.05, 0) is 19.9 Å². The van der Waals surface area contributed by atoms with Crippen LogP contribution in [-0.2, 0) is 0 Å². The fourth-order valence-corrected chi connectivity index (χ4v) is 0.397. The molecule has 0 nitrogen and oxygen atoms in total. The molecule has 0 aromatic rings. The van der Waals surface area contributed by atoms with E-state index >= 15 is 0 Å². The number of hydrogen-bond donors (Lipinski definition) is 0.